The maximum absolute atomic E-state index is 12.8. The number of benzene rings is 1. The Morgan fingerprint density at radius 2 is 1.74 bits per heavy atom. The van der Waals surface area contributed by atoms with Crippen molar-refractivity contribution in [1.82, 2.24) is 10.2 Å². The molecule has 2 rings (SSSR count). The van der Waals surface area contributed by atoms with Gasteiger partial charge in [0.1, 0.15) is 12.1 Å². The number of rotatable bonds is 8. The average molecular weight is 376 g/mol. The number of carbonyl (C=O) groups is 3. The predicted octanol–water partition coefficient (Wildman–Crippen LogP) is 2.45. The Hall–Kier alpha value is -2.97. The predicted molar refractivity (Wildman–Crippen MR) is 99.3 cm³/mol. The average Bonchev–Trinajstić information content (AvgIpc) is 2.86. The molecular weight excluding hydrogens is 352 g/mol. The summed E-state index contributed by atoms with van der Waals surface area (Å²) in [6, 6.07) is 4.91. The number of likely N-dealkylation sites (N-methyl/N-ethyl adjacent to an activating group) is 1. The van der Waals surface area contributed by atoms with Crippen LogP contribution in [0.3, 0.4) is 0 Å². The van der Waals surface area contributed by atoms with Crippen LogP contribution in [0, 0.1) is 10.1 Å². The van der Waals surface area contributed by atoms with Gasteiger partial charge in [0.2, 0.25) is 5.91 Å². The lowest BCUT2D eigenvalue weighted by molar-refractivity contribution is -0.384. The van der Waals surface area contributed by atoms with Gasteiger partial charge in [-0.05, 0) is 25.0 Å². The van der Waals surface area contributed by atoms with E-state index in [1.165, 1.54) is 36.2 Å². The van der Waals surface area contributed by atoms with Crippen LogP contribution >= 0.6 is 0 Å². The van der Waals surface area contributed by atoms with Crippen LogP contribution in [0.4, 0.5) is 16.2 Å². The van der Waals surface area contributed by atoms with Crippen molar-refractivity contribution in [3.05, 3.63) is 34.4 Å². The molecule has 1 aliphatic rings. The van der Waals surface area contributed by atoms with Gasteiger partial charge in [0.15, 0.2) is 0 Å². The van der Waals surface area contributed by atoms with Gasteiger partial charge in [-0.1, -0.05) is 26.7 Å². The summed E-state index contributed by atoms with van der Waals surface area (Å²) in [5.74, 6) is -0.835. The first-order valence-electron chi connectivity index (χ1n) is 8.91. The number of non-ortho nitro benzene ring substituents is 1. The Balaban J connectivity index is 2.13. The fourth-order valence-electron chi connectivity index (χ4n) is 3.32. The molecule has 1 heterocycles. The second-order valence-electron chi connectivity index (χ2n) is 6.63. The van der Waals surface area contributed by atoms with E-state index < -0.39 is 22.4 Å². The molecule has 1 N–H and O–H groups in total. The summed E-state index contributed by atoms with van der Waals surface area (Å²) < 4.78 is 0. The zero-order chi connectivity index (χ0) is 20.2. The molecule has 0 aliphatic carbocycles. The van der Waals surface area contributed by atoms with E-state index in [-0.39, 0.29) is 18.1 Å². The molecule has 0 bridgehead atoms. The Bertz CT molecular complexity index is 741. The Kier molecular flexibility index (Phi) is 6.14. The molecule has 1 fully saturated rings. The summed E-state index contributed by atoms with van der Waals surface area (Å²) in [5, 5.41) is 13.5. The van der Waals surface area contributed by atoms with Gasteiger partial charge in [-0.2, -0.15) is 0 Å². The number of nitro benzene ring substituents is 1. The third-order valence-corrected chi connectivity index (χ3v) is 4.71. The van der Waals surface area contributed by atoms with Crippen molar-refractivity contribution in [2.24, 2.45) is 0 Å². The number of carbonyl (C=O) groups excluding carboxylic acids is 3. The van der Waals surface area contributed by atoms with E-state index in [9.17, 15) is 24.5 Å². The maximum Gasteiger partial charge on any atom is 0.325 e. The summed E-state index contributed by atoms with van der Waals surface area (Å²) in [7, 11) is 1.49. The molecule has 0 aromatic heterocycles. The topological polar surface area (TPSA) is 113 Å². The van der Waals surface area contributed by atoms with E-state index >= 15 is 0 Å². The third kappa shape index (κ3) is 4.07. The van der Waals surface area contributed by atoms with Gasteiger partial charge in [-0.15, -0.1) is 0 Å². The molecule has 0 radical (unpaired) electrons. The first kappa shape index (κ1) is 20.3. The number of nitrogens with zero attached hydrogens (tertiary/aromatic N) is 3. The summed E-state index contributed by atoms with van der Waals surface area (Å²) >= 11 is 0. The van der Waals surface area contributed by atoms with E-state index in [0.29, 0.717) is 18.5 Å². The Morgan fingerprint density at radius 3 is 2.22 bits per heavy atom. The summed E-state index contributed by atoms with van der Waals surface area (Å²) in [6.07, 6.45) is 2.51. The maximum atomic E-state index is 12.8. The zero-order valence-corrected chi connectivity index (χ0v) is 15.7. The standard InChI is InChI=1S/C18H24N4O5/c1-4-10-18(11-5-2)16(24)21(17(25)19-18)12-15(23)20(3)13-6-8-14(9-7-13)22(26)27/h6-9H,4-5,10-12H2,1-3H3,(H,19,25). The lowest BCUT2D eigenvalue weighted by Gasteiger charge is -2.26. The van der Waals surface area contributed by atoms with Crippen LogP contribution in [0.5, 0.6) is 0 Å². The summed E-state index contributed by atoms with van der Waals surface area (Å²) in [4.78, 5) is 50.1. The van der Waals surface area contributed by atoms with Crippen molar-refractivity contribution in [1.29, 1.82) is 0 Å². The lowest BCUT2D eigenvalue weighted by atomic mass is 9.88. The van der Waals surface area contributed by atoms with Gasteiger partial charge in [-0.3, -0.25) is 24.6 Å². The van der Waals surface area contributed by atoms with E-state index in [1.807, 2.05) is 13.8 Å². The normalized spacial score (nSPS) is 15.6. The van der Waals surface area contributed by atoms with E-state index in [1.54, 1.807) is 0 Å². The number of hydrogen-bond acceptors (Lipinski definition) is 5. The molecular formula is C18H24N4O5. The van der Waals surface area contributed by atoms with Crippen molar-refractivity contribution < 1.29 is 19.3 Å². The summed E-state index contributed by atoms with van der Waals surface area (Å²) in [5.41, 5.74) is -0.587. The first-order chi connectivity index (χ1) is 12.8. The molecule has 0 atom stereocenters. The minimum atomic E-state index is -0.938. The fourth-order valence-corrected chi connectivity index (χ4v) is 3.32. The molecule has 1 aromatic carbocycles. The largest absolute Gasteiger partial charge is 0.325 e. The highest BCUT2D eigenvalue weighted by atomic mass is 16.6. The number of urea groups is 1. The molecule has 1 aromatic rings. The van der Waals surface area contributed by atoms with E-state index in [4.69, 9.17) is 0 Å². The van der Waals surface area contributed by atoms with Crippen molar-refractivity contribution in [2.45, 2.75) is 45.1 Å². The van der Waals surface area contributed by atoms with Gasteiger partial charge >= 0.3 is 6.03 Å². The van der Waals surface area contributed by atoms with Crippen LogP contribution in [-0.2, 0) is 9.59 Å². The highest BCUT2D eigenvalue weighted by molar-refractivity contribution is 6.10. The van der Waals surface area contributed by atoms with Crippen molar-refractivity contribution in [3.63, 3.8) is 0 Å². The van der Waals surface area contributed by atoms with Crippen molar-refractivity contribution in [3.8, 4) is 0 Å². The number of imide groups is 1. The minimum Gasteiger partial charge on any atom is -0.323 e. The molecule has 9 nitrogen and oxygen atoms in total. The van der Waals surface area contributed by atoms with Gasteiger partial charge in [0.05, 0.1) is 4.92 Å². The monoisotopic (exact) mass is 376 g/mol. The molecule has 0 saturated carbocycles. The minimum absolute atomic E-state index is 0.0855. The second-order valence-corrected chi connectivity index (χ2v) is 6.63. The lowest BCUT2D eigenvalue weighted by Crippen LogP contribution is -2.47. The van der Waals surface area contributed by atoms with Gasteiger partial charge in [0.25, 0.3) is 11.6 Å². The van der Waals surface area contributed by atoms with Gasteiger partial charge < -0.3 is 10.2 Å². The van der Waals surface area contributed by atoms with Crippen LogP contribution in [0.25, 0.3) is 0 Å². The molecule has 1 aliphatic heterocycles. The Morgan fingerprint density at radius 1 is 1.19 bits per heavy atom. The fraction of sp³-hybridized carbons (Fsp3) is 0.500. The van der Waals surface area contributed by atoms with Gasteiger partial charge in [0, 0.05) is 24.9 Å². The number of nitrogens with one attached hydrogen (secondary N) is 1. The molecule has 27 heavy (non-hydrogen) atoms. The Labute approximate surface area is 157 Å². The number of anilines is 1. The number of amides is 4. The second kappa shape index (κ2) is 8.15. The molecule has 9 heteroatoms. The highest BCUT2D eigenvalue weighted by Gasteiger charge is 2.50. The van der Waals surface area contributed by atoms with Crippen LogP contribution in [-0.4, -0.2) is 46.8 Å². The molecule has 0 spiro atoms. The van der Waals surface area contributed by atoms with Crippen molar-refractivity contribution in [2.75, 3.05) is 18.5 Å². The zero-order valence-electron chi connectivity index (χ0n) is 15.7. The third-order valence-electron chi connectivity index (χ3n) is 4.71. The van der Waals surface area contributed by atoms with E-state index in [2.05, 4.69) is 5.32 Å². The highest BCUT2D eigenvalue weighted by Crippen LogP contribution is 2.28. The van der Waals surface area contributed by atoms with E-state index in [0.717, 1.165) is 17.7 Å². The number of hydrogen-bond donors (Lipinski definition) is 1. The van der Waals surface area contributed by atoms with Gasteiger partial charge in [-0.25, -0.2) is 4.79 Å². The molecule has 4 amide bonds. The van der Waals surface area contributed by atoms with Crippen molar-refractivity contribution >= 4 is 29.2 Å². The summed E-state index contributed by atoms with van der Waals surface area (Å²) in [6.45, 7) is 3.49. The van der Waals surface area contributed by atoms with Crippen LogP contribution in [0.1, 0.15) is 39.5 Å². The molecule has 0 unspecified atom stereocenters. The quantitative estimate of drug-likeness (QED) is 0.425. The SMILES string of the molecule is CCCC1(CCC)NC(=O)N(CC(=O)N(C)c2ccc([N+](=O)[O-])cc2)C1=O. The smallest absolute Gasteiger partial charge is 0.323 e. The molecule has 1 saturated heterocycles. The van der Waals surface area contributed by atoms with Crippen LogP contribution in [0.15, 0.2) is 24.3 Å². The van der Waals surface area contributed by atoms with Crippen LogP contribution in [0.2, 0.25) is 0 Å². The first-order valence-corrected chi connectivity index (χ1v) is 8.91. The van der Waals surface area contributed by atoms with Crippen LogP contribution < -0.4 is 10.2 Å². The molecule has 146 valence electrons. The number of nitro groups is 1.